The topological polar surface area (TPSA) is 47.6 Å². The molecule has 0 spiro atoms. The number of nitrogens with zero attached hydrogens (tertiary/aromatic N) is 1. The highest BCUT2D eigenvalue weighted by Crippen LogP contribution is 2.16. The molecule has 2 N–H and O–H groups in total. The second-order valence-corrected chi connectivity index (χ2v) is 3.14. The summed E-state index contributed by atoms with van der Waals surface area (Å²) in [7, 11) is 1.39. The Balaban J connectivity index is 3.04. The first-order valence-corrected chi connectivity index (χ1v) is 4.26. The third kappa shape index (κ3) is 2.42. The Morgan fingerprint density at radius 3 is 2.85 bits per heavy atom. The van der Waals surface area contributed by atoms with Gasteiger partial charge in [-0.05, 0) is 34.1 Å². The van der Waals surface area contributed by atoms with E-state index in [-0.39, 0.29) is 11.7 Å². The Labute approximate surface area is 83.5 Å². The highest BCUT2D eigenvalue weighted by Gasteiger charge is 2.03. The molecule has 0 unspecified atom stereocenters. The summed E-state index contributed by atoms with van der Waals surface area (Å²) in [6.45, 7) is 0. The van der Waals surface area contributed by atoms with Gasteiger partial charge in [0.05, 0.1) is 4.47 Å². The maximum Gasteiger partial charge on any atom is 0.170 e. The van der Waals surface area contributed by atoms with Crippen LogP contribution in [0.2, 0.25) is 0 Å². The van der Waals surface area contributed by atoms with E-state index in [1.165, 1.54) is 25.3 Å². The van der Waals surface area contributed by atoms with Crippen LogP contribution in [0.3, 0.4) is 0 Å². The lowest BCUT2D eigenvalue weighted by molar-refractivity contribution is 0.213. The number of rotatable bonds is 2. The normalized spacial score (nSPS) is 11.5. The lowest BCUT2D eigenvalue weighted by Crippen LogP contribution is -2.13. The average Bonchev–Trinajstić information content (AvgIpc) is 2.10. The van der Waals surface area contributed by atoms with Crippen molar-refractivity contribution >= 4 is 21.8 Å². The van der Waals surface area contributed by atoms with Crippen LogP contribution in [0.15, 0.2) is 27.8 Å². The predicted octanol–water partition coefficient (Wildman–Crippen LogP) is 1.85. The molecule has 1 rings (SSSR count). The summed E-state index contributed by atoms with van der Waals surface area (Å²) in [5.74, 6) is -0.128. The molecule has 0 saturated heterocycles. The van der Waals surface area contributed by atoms with Crippen molar-refractivity contribution in [2.75, 3.05) is 7.11 Å². The van der Waals surface area contributed by atoms with Crippen LogP contribution in [-0.2, 0) is 4.84 Å². The number of benzene rings is 1. The van der Waals surface area contributed by atoms with Gasteiger partial charge in [-0.3, -0.25) is 0 Å². The van der Waals surface area contributed by atoms with E-state index in [1.54, 1.807) is 0 Å². The van der Waals surface area contributed by atoms with Crippen molar-refractivity contribution in [3.05, 3.63) is 34.1 Å². The molecule has 5 heteroatoms. The highest BCUT2D eigenvalue weighted by molar-refractivity contribution is 9.10. The summed E-state index contributed by atoms with van der Waals surface area (Å²) in [6.07, 6.45) is 0. The second kappa shape index (κ2) is 4.23. The predicted molar refractivity (Wildman–Crippen MR) is 51.8 cm³/mol. The van der Waals surface area contributed by atoms with Gasteiger partial charge in [0.25, 0.3) is 0 Å². The van der Waals surface area contributed by atoms with Crippen LogP contribution in [0, 0.1) is 5.82 Å². The third-order valence-corrected chi connectivity index (χ3v) is 2.01. The van der Waals surface area contributed by atoms with Gasteiger partial charge in [0.2, 0.25) is 0 Å². The molecule has 0 aromatic heterocycles. The molecule has 1 aromatic rings. The Morgan fingerprint density at radius 1 is 1.62 bits per heavy atom. The van der Waals surface area contributed by atoms with Crippen molar-refractivity contribution in [2.24, 2.45) is 10.9 Å². The van der Waals surface area contributed by atoms with Crippen molar-refractivity contribution in [3.8, 4) is 0 Å². The molecule has 0 aliphatic heterocycles. The van der Waals surface area contributed by atoms with Crippen molar-refractivity contribution in [1.29, 1.82) is 0 Å². The van der Waals surface area contributed by atoms with Gasteiger partial charge in [-0.1, -0.05) is 5.16 Å². The fourth-order valence-electron chi connectivity index (χ4n) is 0.807. The van der Waals surface area contributed by atoms with E-state index in [4.69, 9.17) is 5.73 Å². The zero-order chi connectivity index (χ0) is 9.84. The van der Waals surface area contributed by atoms with E-state index in [0.29, 0.717) is 10.0 Å². The molecule has 0 saturated carbocycles. The Morgan fingerprint density at radius 2 is 2.31 bits per heavy atom. The van der Waals surface area contributed by atoms with Gasteiger partial charge < -0.3 is 10.6 Å². The fraction of sp³-hybridized carbons (Fsp3) is 0.125. The Kier molecular flexibility index (Phi) is 3.25. The molecule has 1 aromatic carbocycles. The standard InChI is InChI=1S/C8H8BrFN2O/c1-13-12-8(11)5-2-3-7(10)6(9)4-5/h2-4H,1H3,(H2,11,12). The Hall–Kier alpha value is -1.10. The molecule has 0 aliphatic rings. The zero-order valence-corrected chi connectivity index (χ0v) is 8.51. The number of hydrogen-bond donors (Lipinski definition) is 1. The lowest BCUT2D eigenvalue weighted by Gasteiger charge is -2.00. The molecular weight excluding hydrogens is 239 g/mol. The minimum Gasteiger partial charge on any atom is -0.397 e. The minimum atomic E-state index is -0.339. The van der Waals surface area contributed by atoms with Crippen LogP contribution in [0.1, 0.15) is 5.56 Å². The smallest absolute Gasteiger partial charge is 0.170 e. The summed E-state index contributed by atoms with van der Waals surface area (Å²) < 4.78 is 13.1. The van der Waals surface area contributed by atoms with Crippen LogP contribution < -0.4 is 5.73 Å². The largest absolute Gasteiger partial charge is 0.397 e. The van der Waals surface area contributed by atoms with E-state index in [2.05, 4.69) is 25.9 Å². The van der Waals surface area contributed by atoms with Gasteiger partial charge in [-0.2, -0.15) is 0 Å². The lowest BCUT2D eigenvalue weighted by atomic mass is 10.2. The first-order valence-electron chi connectivity index (χ1n) is 3.47. The van der Waals surface area contributed by atoms with Gasteiger partial charge in [-0.25, -0.2) is 4.39 Å². The van der Waals surface area contributed by atoms with Crippen molar-refractivity contribution in [2.45, 2.75) is 0 Å². The SMILES string of the molecule is CO/N=C(\N)c1ccc(F)c(Br)c1. The molecule has 0 heterocycles. The first kappa shape index (κ1) is 9.98. The highest BCUT2D eigenvalue weighted by atomic mass is 79.9. The maximum absolute atomic E-state index is 12.8. The quantitative estimate of drug-likeness (QED) is 0.492. The summed E-state index contributed by atoms with van der Waals surface area (Å²) in [5, 5.41) is 3.52. The molecule has 13 heavy (non-hydrogen) atoms. The molecule has 0 amide bonds. The summed E-state index contributed by atoms with van der Waals surface area (Å²) >= 11 is 3.04. The van der Waals surface area contributed by atoms with Gasteiger partial charge >= 0.3 is 0 Å². The van der Waals surface area contributed by atoms with Gasteiger partial charge in [0.15, 0.2) is 5.84 Å². The van der Waals surface area contributed by atoms with E-state index in [0.717, 1.165) is 0 Å². The fourth-order valence-corrected chi connectivity index (χ4v) is 1.19. The summed E-state index contributed by atoms with van der Waals surface area (Å²) in [5.41, 5.74) is 6.11. The zero-order valence-electron chi connectivity index (χ0n) is 6.92. The van der Waals surface area contributed by atoms with Crippen molar-refractivity contribution in [3.63, 3.8) is 0 Å². The van der Waals surface area contributed by atoms with Crippen LogP contribution >= 0.6 is 15.9 Å². The van der Waals surface area contributed by atoms with E-state index >= 15 is 0 Å². The maximum atomic E-state index is 12.8. The number of oxime groups is 1. The van der Waals surface area contributed by atoms with Crippen LogP contribution in [-0.4, -0.2) is 12.9 Å². The van der Waals surface area contributed by atoms with Crippen molar-refractivity contribution in [1.82, 2.24) is 0 Å². The van der Waals surface area contributed by atoms with Crippen LogP contribution in [0.5, 0.6) is 0 Å². The van der Waals surface area contributed by atoms with Gasteiger partial charge in [-0.15, -0.1) is 0 Å². The number of amidine groups is 1. The van der Waals surface area contributed by atoms with Gasteiger partial charge in [0, 0.05) is 5.56 Å². The minimum absolute atomic E-state index is 0.211. The van der Waals surface area contributed by atoms with Crippen LogP contribution in [0.25, 0.3) is 0 Å². The second-order valence-electron chi connectivity index (χ2n) is 2.29. The molecule has 0 radical (unpaired) electrons. The molecule has 0 aliphatic carbocycles. The van der Waals surface area contributed by atoms with E-state index in [9.17, 15) is 4.39 Å². The number of hydrogen-bond acceptors (Lipinski definition) is 2. The molecule has 0 atom stereocenters. The van der Waals surface area contributed by atoms with Crippen molar-refractivity contribution < 1.29 is 9.23 Å². The molecule has 3 nitrogen and oxygen atoms in total. The van der Waals surface area contributed by atoms with E-state index < -0.39 is 0 Å². The Bertz CT molecular complexity index is 341. The van der Waals surface area contributed by atoms with Gasteiger partial charge in [0.1, 0.15) is 12.9 Å². The van der Waals surface area contributed by atoms with Crippen LogP contribution in [0.4, 0.5) is 4.39 Å². The average molecular weight is 247 g/mol. The summed E-state index contributed by atoms with van der Waals surface area (Å²) in [4.78, 5) is 4.48. The monoisotopic (exact) mass is 246 g/mol. The molecular formula is C8H8BrFN2O. The number of halogens is 2. The molecule has 0 fully saturated rings. The molecule has 0 bridgehead atoms. The first-order chi connectivity index (χ1) is 6.15. The molecule has 70 valence electrons. The summed E-state index contributed by atoms with van der Waals surface area (Å²) in [6, 6.07) is 4.36. The number of nitrogens with two attached hydrogens (primary N) is 1. The van der Waals surface area contributed by atoms with E-state index in [1.807, 2.05) is 0 Å². The third-order valence-electron chi connectivity index (χ3n) is 1.41.